The number of rotatable bonds is 3. The van der Waals surface area contributed by atoms with Crippen molar-refractivity contribution in [3.8, 4) is 0 Å². The van der Waals surface area contributed by atoms with Crippen molar-refractivity contribution in [3.63, 3.8) is 0 Å². The van der Waals surface area contributed by atoms with Crippen molar-refractivity contribution in [1.82, 2.24) is 4.98 Å². The third kappa shape index (κ3) is 2.95. The zero-order valence-electron chi connectivity index (χ0n) is 12.4. The standard InChI is InChI=1S/C17H14N4S2/c1-11(20-21-17-18-8-9-22-17)12-6-7-16-14(10-12)19-13-4-2-3-5-15(13)23-16/h2-10,19H,1H3,(H,18,21). The molecular formula is C17H14N4S2. The van der Waals surface area contributed by atoms with Crippen LogP contribution in [0.5, 0.6) is 0 Å². The Balaban J connectivity index is 1.59. The second kappa shape index (κ2) is 6.06. The third-order valence-electron chi connectivity index (χ3n) is 3.53. The molecule has 1 aromatic heterocycles. The average molecular weight is 338 g/mol. The highest BCUT2D eigenvalue weighted by atomic mass is 32.2. The fourth-order valence-corrected chi connectivity index (χ4v) is 3.78. The fraction of sp³-hybridized carbons (Fsp3) is 0.0588. The Bertz CT molecular complexity index is 872. The number of anilines is 3. The molecular weight excluding hydrogens is 324 g/mol. The lowest BCUT2D eigenvalue weighted by molar-refractivity contribution is 1.26. The van der Waals surface area contributed by atoms with E-state index in [1.165, 1.54) is 21.1 Å². The first kappa shape index (κ1) is 14.3. The van der Waals surface area contributed by atoms with Crippen LogP contribution in [-0.4, -0.2) is 10.7 Å². The molecule has 3 aromatic rings. The number of hydrogen-bond acceptors (Lipinski definition) is 6. The smallest absolute Gasteiger partial charge is 0.203 e. The maximum absolute atomic E-state index is 4.41. The van der Waals surface area contributed by atoms with E-state index in [4.69, 9.17) is 0 Å². The van der Waals surface area contributed by atoms with Gasteiger partial charge in [0.15, 0.2) is 0 Å². The Hall–Kier alpha value is -2.31. The zero-order valence-corrected chi connectivity index (χ0v) is 14.0. The van der Waals surface area contributed by atoms with Crippen LogP contribution in [-0.2, 0) is 0 Å². The van der Waals surface area contributed by atoms with Crippen molar-refractivity contribution >= 4 is 45.3 Å². The number of para-hydroxylation sites is 1. The molecule has 0 radical (unpaired) electrons. The molecule has 6 heteroatoms. The molecule has 0 aliphatic carbocycles. The van der Waals surface area contributed by atoms with Gasteiger partial charge in [-0.25, -0.2) is 4.98 Å². The summed E-state index contributed by atoms with van der Waals surface area (Å²) in [5, 5.41) is 10.6. The maximum Gasteiger partial charge on any atom is 0.203 e. The van der Waals surface area contributed by atoms with Gasteiger partial charge in [0.25, 0.3) is 0 Å². The first-order valence-corrected chi connectivity index (χ1v) is 8.87. The normalized spacial score (nSPS) is 13.0. The number of fused-ring (bicyclic) bond motifs is 2. The van der Waals surface area contributed by atoms with E-state index in [0.717, 1.165) is 27.8 Å². The van der Waals surface area contributed by atoms with Crippen LogP contribution in [0.25, 0.3) is 0 Å². The minimum Gasteiger partial charge on any atom is -0.354 e. The average Bonchev–Trinajstić information content (AvgIpc) is 3.11. The predicted molar refractivity (Wildman–Crippen MR) is 98.2 cm³/mol. The van der Waals surface area contributed by atoms with Crippen LogP contribution in [0.15, 0.2) is 68.9 Å². The number of thiazole rings is 1. The molecule has 2 N–H and O–H groups in total. The summed E-state index contributed by atoms with van der Waals surface area (Å²) in [4.78, 5) is 6.64. The molecule has 0 saturated heterocycles. The van der Waals surface area contributed by atoms with Crippen LogP contribution >= 0.6 is 23.1 Å². The molecule has 2 heterocycles. The van der Waals surface area contributed by atoms with Gasteiger partial charge in [0.05, 0.1) is 17.1 Å². The van der Waals surface area contributed by atoms with Crippen molar-refractivity contribution in [2.45, 2.75) is 16.7 Å². The summed E-state index contributed by atoms with van der Waals surface area (Å²) in [7, 11) is 0. The molecule has 23 heavy (non-hydrogen) atoms. The Morgan fingerprint density at radius 1 is 1.13 bits per heavy atom. The Morgan fingerprint density at radius 2 is 2.00 bits per heavy atom. The largest absolute Gasteiger partial charge is 0.354 e. The van der Waals surface area contributed by atoms with Gasteiger partial charge < -0.3 is 5.32 Å². The maximum atomic E-state index is 4.41. The van der Waals surface area contributed by atoms with E-state index in [-0.39, 0.29) is 0 Å². The molecule has 0 bridgehead atoms. The van der Waals surface area contributed by atoms with E-state index in [1.807, 2.05) is 18.4 Å². The minimum absolute atomic E-state index is 0.796. The number of hydrogen-bond donors (Lipinski definition) is 2. The van der Waals surface area contributed by atoms with Gasteiger partial charge in [-0.15, -0.1) is 11.3 Å². The second-order valence-electron chi connectivity index (χ2n) is 5.08. The highest BCUT2D eigenvalue weighted by Crippen LogP contribution is 2.44. The van der Waals surface area contributed by atoms with Gasteiger partial charge in [0.2, 0.25) is 5.13 Å². The van der Waals surface area contributed by atoms with E-state index in [0.29, 0.717) is 0 Å². The highest BCUT2D eigenvalue weighted by Gasteiger charge is 2.15. The first-order chi connectivity index (χ1) is 11.3. The van der Waals surface area contributed by atoms with Crippen molar-refractivity contribution in [1.29, 1.82) is 0 Å². The number of benzene rings is 2. The van der Waals surface area contributed by atoms with Gasteiger partial charge >= 0.3 is 0 Å². The van der Waals surface area contributed by atoms with Gasteiger partial charge in [-0.3, -0.25) is 5.43 Å². The summed E-state index contributed by atoms with van der Waals surface area (Å²) in [5.74, 6) is 0. The number of nitrogens with zero attached hydrogens (tertiary/aromatic N) is 2. The van der Waals surface area contributed by atoms with Crippen LogP contribution in [0, 0.1) is 0 Å². The van der Waals surface area contributed by atoms with Crippen molar-refractivity contribution in [3.05, 3.63) is 59.6 Å². The summed E-state index contributed by atoms with van der Waals surface area (Å²) in [6, 6.07) is 14.7. The molecule has 0 amide bonds. The van der Waals surface area contributed by atoms with Crippen LogP contribution < -0.4 is 10.7 Å². The minimum atomic E-state index is 0.796. The Labute approximate surface area is 142 Å². The molecule has 0 unspecified atom stereocenters. The van der Waals surface area contributed by atoms with Crippen LogP contribution in [0.3, 0.4) is 0 Å². The van der Waals surface area contributed by atoms with E-state index in [1.54, 1.807) is 18.0 Å². The summed E-state index contributed by atoms with van der Waals surface area (Å²) in [6.45, 7) is 1.99. The van der Waals surface area contributed by atoms with E-state index < -0.39 is 0 Å². The van der Waals surface area contributed by atoms with Gasteiger partial charge in [-0.1, -0.05) is 30.0 Å². The third-order valence-corrected chi connectivity index (χ3v) is 5.35. The molecule has 0 spiro atoms. The summed E-state index contributed by atoms with van der Waals surface area (Å²) < 4.78 is 0. The van der Waals surface area contributed by atoms with E-state index >= 15 is 0 Å². The Morgan fingerprint density at radius 3 is 2.87 bits per heavy atom. The van der Waals surface area contributed by atoms with E-state index in [9.17, 15) is 0 Å². The number of hydrazone groups is 1. The molecule has 4 nitrogen and oxygen atoms in total. The van der Waals surface area contributed by atoms with Gasteiger partial charge in [-0.2, -0.15) is 5.10 Å². The van der Waals surface area contributed by atoms with Crippen LogP contribution in [0.4, 0.5) is 16.5 Å². The summed E-state index contributed by atoms with van der Waals surface area (Å²) in [5.41, 5.74) is 7.27. The second-order valence-corrected chi connectivity index (χ2v) is 7.06. The summed E-state index contributed by atoms with van der Waals surface area (Å²) >= 11 is 3.32. The van der Waals surface area contributed by atoms with Gasteiger partial charge in [0.1, 0.15) is 0 Å². The van der Waals surface area contributed by atoms with Crippen molar-refractivity contribution in [2.24, 2.45) is 5.10 Å². The van der Waals surface area contributed by atoms with Crippen molar-refractivity contribution < 1.29 is 0 Å². The molecule has 0 fully saturated rings. The first-order valence-electron chi connectivity index (χ1n) is 7.18. The Kier molecular flexibility index (Phi) is 3.77. The molecule has 1 aliphatic rings. The van der Waals surface area contributed by atoms with Crippen LogP contribution in [0.1, 0.15) is 12.5 Å². The van der Waals surface area contributed by atoms with Crippen LogP contribution in [0.2, 0.25) is 0 Å². The molecule has 0 atom stereocenters. The van der Waals surface area contributed by atoms with Crippen molar-refractivity contribution in [2.75, 3.05) is 10.7 Å². The summed E-state index contributed by atoms with van der Waals surface area (Å²) in [6.07, 6.45) is 1.76. The lowest BCUT2D eigenvalue weighted by Crippen LogP contribution is -2.04. The zero-order chi connectivity index (χ0) is 15.6. The molecule has 0 saturated carbocycles. The van der Waals surface area contributed by atoms with E-state index in [2.05, 4.69) is 57.2 Å². The molecule has 2 aromatic carbocycles. The highest BCUT2D eigenvalue weighted by molar-refractivity contribution is 7.99. The number of aromatic nitrogens is 1. The lowest BCUT2D eigenvalue weighted by Gasteiger charge is -2.21. The predicted octanol–water partition coefficient (Wildman–Crippen LogP) is 5.19. The molecule has 114 valence electrons. The SMILES string of the molecule is CC(=NNc1nccs1)c1ccc2c(c1)Nc1ccccc1S2. The fourth-order valence-electron chi connectivity index (χ4n) is 2.34. The van der Waals surface area contributed by atoms with Gasteiger partial charge in [0, 0.05) is 21.4 Å². The molecule has 1 aliphatic heterocycles. The lowest BCUT2D eigenvalue weighted by atomic mass is 10.1. The van der Waals surface area contributed by atoms with Gasteiger partial charge in [-0.05, 0) is 36.8 Å². The molecule has 4 rings (SSSR count). The topological polar surface area (TPSA) is 49.3 Å². The number of nitrogens with one attached hydrogen (secondary N) is 2. The monoisotopic (exact) mass is 338 g/mol. The quantitative estimate of drug-likeness (QED) is 0.399.